The molecule has 0 spiro atoms. The van der Waals surface area contributed by atoms with Gasteiger partial charge >= 0.3 is 11.9 Å². The van der Waals surface area contributed by atoms with E-state index in [1.807, 2.05) is 0 Å². The summed E-state index contributed by atoms with van der Waals surface area (Å²) in [6.07, 6.45) is -0.103. The molecule has 0 aliphatic heterocycles. The average molecular weight is 202 g/mol. The number of carboxylic acids is 2. The van der Waals surface area contributed by atoms with E-state index in [1.165, 1.54) is 6.92 Å². The highest BCUT2D eigenvalue weighted by Crippen LogP contribution is 2.41. The lowest BCUT2D eigenvalue weighted by molar-refractivity contribution is -0.167. The third-order valence-corrected chi connectivity index (χ3v) is 3.06. The normalized spacial score (nSPS) is 37.9. The van der Waals surface area contributed by atoms with E-state index in [-0.39, 0.29) is 12.8 Å². The van der Waals surface area contributed by atoms with E-state index in [1.54, 1.807) is 0 Å². The van der Waals surface area contributed by atoms with Crippen molar-refractivity contribution in [1.29, 1.82) is 0 Å². The first-order chi connectivity index (χ1) is 6.38. The second-order valence-electron chi connectivity index (χ2n) is 4.04. The van der Waals surface area contributed by atoms with Gasteiger partial charge in [0.1, 0.15) is 0 Å². The fourth-order valence-electron chi connectivity index (χ4n) is 1.92. The van der Waals surface area contributed by atoms with Crippen LogP contribution in [0, 0.1) is 11.3 Å². The summed E-state index contributed by atoms with van der Waals surface area (Å²) in [5, 5.41) is 27.1. The van der Waals surface area contributed by atoms with Crippen LogP contribution in [-0.2, 0) is 9.59 Å². The number of hydrogen-bond donors (Lipinski definition) is 3. The highest BCUT2D eigenvalue weighted by molar-refractivity contribution is 5.83. The van der Waals surface area contributed by atoms with E-state index in [9.17, 15) is 14.7 Å². The Labute approximate surface area is 81.4 Å². The van der Waals surface area contributed by atoms with Crippen LogP contribution in [-0.4, -0.2) is 33.4 Å². The third kappa shape index (κ3) is 1.72. The standard InChI is InChI=1S/C9H14O5/c1-9(8(13)14)3-2-5(10)4-6(9)7(11)12/h5-6,10H,2-4H2,1H3,(H,11,12)(H,13,14)/t5-,6-,9+/m0/s1. The first-order valence-corrected chi connectivity index (χ1v) is 4.52. The largest absolute Gasteiger partial charge is 0.481 e. The molecule has 0 amide bonds. The SMILES string of the molecule is C[C@@]1(C(=O)O)CC[C@H](O)C[C@H]1C(=O)O. The Morgan fingerprint density at radius 2 is 1.93 bits per heavy atom. The van der Waals surface area contributed by atoms with Crippen LogP contribution in [0.25, 0.3) is 0 Å². The Morgan fingerprint density at radius 3 is 2.36 bits per heavy atom. The van der Waals surface area contributed by atoms with Crippen LogP contribution in [0.4, 0.5) is 0 Å². The van der Waals surface area contributed by atoms with E-state index in [0.29, 0.717) is 6.42 Å². The van der Waals surface area contributed by atoms with Gasteiger partial charge in [-0.15, -0.1) is 0 Å². The molecular weight excluding hydrogens is 188 g/mol. The van der Waals surface area contributed by atoms with Crippen LogP contribution in [0.5, 0.6) is 0 Å². The van der Waals surface area contributed by atoms with Crippen LogP contribution < -0.4 is 0 Å². The maximum Gasteiger partial charge on any atom is 0.310 e. The van der Waals surface area contributed by atoms with E-state index in [4.69, 9.17) is 10.2 Å². The van der Waals surface area contributed by atoms with E-state index in [0.717, 1.165) is 0 Å². The van der Waals surface area contributed by atoms with Crippen molar-refractivity contribution in [1.82, 2.24) is 0 Å². The minimum absolute atomic E-state index is 0.0259. The topological polar surface area (TPSA) is 94.8 Å². The fraction of sp³-hybridized carbons (Fsp3) is 0.778. The van der Waals surface area contributed by atoms with Crippen molar-refractivity contribution in [2.24, 2.45) is 11.3 Å². The number of rotatable bonds is 2. The van der Waals surface area contributed by atoms with Gasteiger partial charge in [0.15, 0.2) is 0 Å². The molecule has 0 saturated heterocycles. The van der Waals surface area contributed by atoms with Crippen LogP contribution in [0.1, 0.15) is 26.2 Å². The highest BCUT2D eigenvalue weighted by atomic mass is 16.4. The molecular formula is C9H14O5. The summed E-state index contributed by atoms with van der Waals surface area (Å²) in [7, 11) is 0. The van der Waals surface area contributed by atoms with Crippen molar-refractivity contribution in [3.05, 3.63) is 0 Å². The molecule has 0 aromatic heterocycles. The first kappa shape index (κ1) is 11.0. The minimum atomic E-state index is -1.24. The van der Waals surface area contributed by atoms with Crippen molar-refractivity contribution >= 4 is 11.9 Å². The van der Waals surface area contributed by atoms with Gasteiger partial charge in [-0.3, -0.25) is 9.59 Å². The minimum Gasteiger partial charge on any atom is -0.481 e. The summed E-state index contributed by atoms with van der Waals surface area (Å²) in [6.45, 7) is 1.43. The third-order valence-electron chi connectivity index (χ3n) is 3.06. The van der Waals surface area contributed by atoms with Gasteiger partial charge in [0.05, 0.1) is 17.4 Å². The maximum atomic E-state index is 11.0. The first-order valence-electron chi connectivity index (χ1n) is 4.52. The van der Waals surface area contributed by atoms with Crippen molar-refractivity contribution in [3.8, 4) is 0 Å². The summed E-state index contributed by atoms with van der Waals surface area (Å²) >= 11 is 0. The molecule has 3 N–H and O–H groups in total. The summed E-state index contributed by atoms with van der Waals surface area (Å²) in [4.78, 5) is 21.8. The number of aliphatic hydroxyl groups is 1. The Balaban J connectivity index is 2.93. The Morgan fingerprint density at radius 1 is 1.36 bits per heavy atom. The molecule has 0 heterocycles. The van der Waals surface area contributed by atoms with Gasteiger partial charge in [-0.2, -0.15) is 0 Å². The Bertz CT molecular complexity index is 262. The molecule has 5 heteroatoms. The number of hydrogen-bond acceptors (Lipinski definition) is 3. The Hall–Kier alpha value is -1.10. The number of carboxylic acid groups (broad SMARTS) is 2. The molecule has 1 rings (SSSR count). The number of carbonyl (C=O) groups is 2. The molecule has 1 saturated carbocycles. The smallest absolute Gasteiger partial charge is 0.310 e. The molecule has 80 valence electrons. The van der Waals surface area contributed by atoms with Gasteiger partial charge in [-0.1, -0.05) is 0 Å². The van der Waals surface area contributed by atoms with Crippen molar-refractivity contribution in [2.75, 3.05) is 0 Å². The van der Waals surface area contributed by atoms with Gasteiger partial charge in [0.2, 0.25) is 0 Å². The lowest BCUT2D eigenvalue weighted by atomic mass is 9.66. The summed E-state index contributed by atoms with van der Waals surface area (Å²) < 4.78 is 0. The second kappa shape index (κ2) is 3.57. The van der Waals surface area contributed by atoms with Crippen molar-refractivity contribution in [3.63, 3.8) is 0 Å². The molecule has 0 radical (unpaired) electrons. The second-order valence-corrected chi connectivity index (χ2v) is 4.04. The van der Waals surface area contributed by atoms with Crippen molar-refractivity contribution in [2.45, 2.75) is 32.3 Å². The zero-order valence-electron chi connectivity index (χ0n) is 7.93. The number of aliphatic hydroxyl groups excluding tert-OH is 1. The molecule has 14 heavy (non-hydrogen) atoms. The molecule has 0 aromatic carbocycles. The zero-order chi connectivity index (χ0) is 10.9. The van der Waals surface area contributed by atoms with Crippen molar-refractivity contribution < 1.29 is 24.9 Å². The van der Waals surface area contributed by atoms with Crippen LogP contribution >= 0.6 is 0 Å². The quantitative estimate of drug-likeness (QED) is 0.599. The van der Waals surface area contributed by atoms with E-state index in [2.05, 4.69) is 0 Å². The summed E-state index contributed by atoms with van der Waals surface area (Å²) in [5.41, 5.74) is -1.24. The zero-order valence-corrected chi connectivity index (χ0v) is 7.93. The maximum absolute atomic E-state index is 11.0. The van der Waals surface area contributed by atoms with Gasteiger partial charge in [0.25, 0.3) is 0 Å². The van der Waals surface area contributed by atoms with Crippen LogP contribution in [0.3, 0.4) is 0 Å². The van der Waals surface area contributed by atoms with Crippen LogP contribution in [0.15, 0.2) is 0 Å². The predicted molar refractivity (Wildman–Crippen MR) is 46.7 cm³/mol. The van der Waals surface area contributed by atoms with Gasteiger partial charge in [-0.05, 0) is 26.2 Å². The highest BCUT2D eigenvalue weighted by Gasteiger charge is 2.49. The fourth-order valence-corrected chi connectivity index (χ4v) is 1.92. The summed E-state index contributed by atoms with van der Waals surface area (Å²) in [6, 6.07) is 0. The molecule has 0 aromatic rings. The van der Waals surface area contributed by atoms with Gasteiger partial charge < -0.3 is 15.3 Å². The van der Waals surface area contributed by atoms with Gasteiger partial charge in [0, 0.05) is 0 Å². The molecule has 1 aliphatic carbocycles. The summed E-state index contributed by atoms with van der Waals surface area (Å²) in [5.74, 6) is -3.24. The molecule has 1 aliphatic rings. The molecule has 5 nitrogen and oxygen atoms in total. The molecule has 1 fully saturated rings. The van der Waals surface area contributed by atoms with Gasteiger partial charge in [-0.25, -0.2) is 0 Å². The van der Waals surface area contributed by atoms with E-state index < -0.39 is 29.4 Å². The molecule has 0 unspecified atom stereocenters. The molecule has 3 atom stereocenters. The molecule has 0 bridgehead atoms. The number of aliphatic carboxylic acids is 2. The monoisotopic (exact) mass is 202 g/mol. The Kier molecular flexibility index (Phi) is 2.80. The predicted octanol–water partition coefficient (Wildman–Crippen LogP) is 0.323. The van der Waals surface area contributed by atoms with Crippen LogP contribution in [0.2, 0.25) is 0 Å². The lowest BCUT2D eigenvalue weighted by Crippen LogP contribution is -2.45. The lowest BCUT2D eigenvalue weighted by Gasteiger charge is -2.37. The average Bonchev–Trinajstić information content (AvgIpc) is 2.08. The van der Waals surface area contributed by atoms with E-state index >= 15 is 0 Å².